The van der Waals surface area contributed by atoms with E-state index < -0.39 is 0 Å². The van der Waals surface area contributed by atoms with Crippen molar-refractivity contribution >= 4 is 11.0 Å². The van der Waals surface area contributed by atoms with Crippen molar-refractivity contribution in [2.75, 3.05) is 40.1 Å². The molecule has 3 aromatic carbocycles. The molecule has 2 aliphatic heterocycles. The summed E-state index contributed by atoms with van der Waals surface area (Å²) in [6, 6.07) is 16.7. The number of fused-ring (bicyclic) bond motifs is 2. The van der Waals surface area contributed by atoms with Crippen LogP contribution in [0.3, 0.4) is 0 Å². The summed E-state index contributed by atoms with van der Waals surface area (Å²) in [5.41, 5.74) is 3.20. The first-order valence-corrected chi connectivity index (χ1v) is 12.3. The van der Waals surface area contributed by atoms with Gasteiger partial charge in [0.2, 0.25) is 12.2 Å². The first kappa shape index (κ1) is 23.4. The SMILES string of the molecule is COc1ccccc1-c1coc2c(CN3CCN(Cc4ccc5c(c4)OCO5)CC3)c(O)ccc2c1=O. The zero-order chi connectivity index (χ0) is 25.4. The van der Waals surface area contributed by atoms with Crippen LogP contribution in [0, 0.1) is 0 Å². The molecule has 37 heavy (non-hydrogen) atoms. The van der Waals surface area contributed by atoms with Gasteiger partial charge in [-0.25, -0.2) is 0 Å². The van der Waals surface area contributed by atoms with Crippen LogP contribution in [0.1, 0.15) is 11.1 Å². The van der Waals surface area contributed by atoms with Crippen LogP contribution in [0.2, 0.25) is 0 Å². The Labute approximate surface area is 214 Å². The lowest BCUT2D eigenvalue weighted by atomic mass is 10.0. The number of benzene rings is 3. The third kappa shape index (κ3) is 4.50. The first-order valence-electron chi connectivity index (χ1n) is 12.3. The number of piperazine rings is 1. The second kappa shape index (κ2) is 9.80. The van der Waals surface area contributed by atoms with E-state index in [1.54, 1.807) is 19.2 Å². The van der Waals surface area contributed by atoms with Gasteiger partial charge in [-0.3, -0.25) is 14.6 Å². The zero-order valence-corrected chi connectivity index (χ0v) is 20.6. The number of ether oxygens (including phenoxy) is 3. The number of hydrogen-bond donors (Lipinski definition) is 1. The summed E-state index contributed by atoms with van der Waals surface area (Å²) in [5, 5.41) is 11.1. The molecule has 0 saturated carbocycles. The predicted octanol–water partition coefficient (Wildman–Crippen LogP) is 4.22. The van der Waals surface area contributed by atoms with Crippen molar-refractivity contribution < 1.29 is 23.7 Å². The Morgan fingerprint density at radius 3 is 2.46 bits per heavy atom. The number of nitrogens with zero attached hydrogens (tertiary/aromatic N) is 2. The van der Waals surface area contributed by atoms with Gasteiger partial charge in [0.25, 0.3) is 0 Å². The Kier molecular flexibility index (Phi) is 6.20. The van der Waals surface area contributed by atoms with Crippen LogP contribution in [0.5, 0.6) is 23.0 Å². The summed E-state index contributed by atoms with van der Waals surface area (Å²) in [4.78, 5) is 18.1. The van der Waals surface area contributed by atoms with E-state index in [2.05, 4.69) is 15.9 Å². The Balaban J connectivity index is 1.19. The lowest BCUT2D eigenvalue weighted by Crippen LogP contribution is -2.45. The number of hydrogen-bond acceptors (Lipinski definition) is 8. The highest BCUT2D eigenvalue weighted by molar-refractivity contribution is 5.86. The maximum atomic E-state index is 13.4. The Hall–Kier alpha value is -4.01. The first-order chi connectivity index (χ1) is 18.1. The van der Waals surface area contributed by atoms with Crippen molar-refractivity contribution in [3.05, 3.63) is 82.2 Å². The molecular formula is C29H28N2O6. The zero-order valence-electron chi connectivity index (χ0n) is 20.6. The summed E-state index contributed by atoms with van der Waals surface area (Å²) in [6.45, 7) is 5.07. The maximum Gasteiger partial charge on any atom is 0.231 e. The standard InChI is InChI=1S/C29H28N2O6/c1-34-25-5-3-2-4-20(25)23-17-35-29-21(28(23)33)7-8-24(32)22(29)16-31-12-10-30(11-13-31)15-19-6-9-26-27(14-19)37-18-36-26/h2-9,14,17,32H,10-13,15-16,18H2,1H3. The summed E-state index contributed by atoms with van der Waals surface area (Å²) >= 11 is 0. The van der Waals surface area contributed by atoms with E-state index in [-0.39, 0.29) is 18.0 Å². The Morgan fingerprint density at radius 1 is 0.892 bits per heavy atom. The average molecular weight is 501 g/mol. The molecule has 8 heteroatoms. The fourth-order valence-electron chi connectivity index (χ4n) is 5.08. The van der Waals surface area contributed by atoms with Gasteiger partial charge in [-0.1, -0.05) is 24.3 Å². The minimum absolute atomic E-state index is 0.128. The average Bonchev–Trinajstić information content (AvgIpc) is 3.39. The van der Waals surface area contributed by atoms with Gasteiger partial charge in [0, 0.05) is 44.8 Å². The molecule has 190 valence electrons. The number of phenols is 1. The largest absolute Gasteiger partial charge is 0.507 e. The molecule has 0 aliphatic carbocycles. The number of aromatic hydroxyl groups is 1. The van der Waals surface area contributed by atoms with Gasteiger partial charge in [0.1, 0.15) is 23.3 Å². The number of phenolic OH excluding ortho intramolecular Hbond substituents is 1. The summed E-state index contributed by atoms with van der Waals surface area (Å²) in [7, 11) is 1.58. The van der Waals surface area contributed by atoms with Gasteiger partial charge in [-0.15, -0.1) is 0 Å². The third-order valence-electron chi connectivity index (χ3n) is 7.11. The number of para-hydroxylation sites is 1. The van der Waals surface area contributed by atoms with Crippen molar-refractivity contribution in [2.45, 2.75) is 13.1 Å². The number of methoxy groups -OCH3 is 1. The van der Waals surface area contributed by atoms with Gasteiger partial charge in [0.05, 0.1) is 23.6 Å². The molecule has 3 heterocycles. The summed E-state index contributed by atoms with van der Waals surface area (Å²) in [6.07, 6.45) is 1.47. The van der Waals surface area contributed by atoms with E-state index in [9.17, 15) is 9.90 Å². The molecule has 1 N–H and O–H groups in total. The highest BCUT2D eigenvalue weighted by Crippen LogP contribution is 2.34. The van der Waals surface area contributed by atoms with Crippen molar-refractivity contribution in [1.29, 1.82) is 0 Å². The topological polar surface area (TPSA) is 84.6 Å². The van der Waals surface area contributed by atoms with Crippen molar-refractivity contribution in [1.82, 2.24) is 9.80 Å². The normalized spacial score (nSPS) is 15.8. The van der Waals surface area contributed by atoms with Crippen molar-refractivity contribution in [3.8, 4) is 34.1 Å². The predicted molar refractivity (Wildman–Crippen MR) is 139 cm³/mol. The molecule has 1 saturated heterocycles. The molecule has 0 amide bonds. The highest BCUT2D eigenvalue weighted by atomic mass is 16.7. The van der Waals surface area contributed by atoms with Crippen LogP contribution >= 0.6 is 0 Å². The highest BCUT2D eigenvalue weighted by Gasteiger charge is 2.22. The second-order valence-electron chi connectivity index (χ2n) is 9.36. The van der Waals surface area contributed by atoms with Gasteiger partial charge >= 0.3 is 0 Å². The van der Waals surface area contributed by atoms with E-state index in [1.165, 1.54) is 11.8 Å². The minimum Gasteiger partial charge on any atom is -0.507 e. The van der Waals surface area contributed by atoms with Gasteiger partial charge in [0.15, 0.2) is 11.5 Å². The van der Waals surface area contributed by atoms with Gasteiger partial charge in [-0.2, -0.15) is 0 Å². The molecule has 2 aliphatic rings. The Bertz CT molecular complexity index is 1510. The molecule has 8 nitrogen and oxygen atoms in total. The van der Waals surface area contributed by atoms with E-state index >= 15 is 0 Å². The van der Waals surface area contributed by atoms with Crippen LogP contribution in [0.4, 0.5) is 0 Å². The maximum absolute atomic E-state index is 13.4. The Morgan fingerprint density at radius 2 is 1.65 bits per heavy atom. The van der Waals surface area contributed by atoms with Gasteiger partial charge < -0.3 is 23.7 Å². The summed E-state index contributed by atoms with van der Waals surface area (Å²) < 4.78 is 22.3. The van der Waals surface area contributed by atoms with E-state index in [0.29, 0.717) is 40.0 Å². The molecular weight excluding hydrogens is 472 g/mol. The molecule has 1 aromatic heterocycles. The quantitative estimate of drug-likeness (QED) is 0.421. The van der Waals surface area contributed by atoms with E-state index in [0.717, 1.165) is 44.2 Å². The van der Waals surface area contributed by atoms with E-state index in [4.69, 9.17) is 18.6 Å². The molecule has 6 rings (SSSR count). The molecule has 0 spiro atoms. The minimum atomic E-state index is -0.152. The van der Waals surface area contributed by atoms with Crippen molar-refractivity contribution in [3.63, 3.8) is 0 Å². The lowest BCUT2D eigenvalue weighted by molar-refractivity contribution is 0.121. The molecule has 0 bridgehead atoms. The van der Waals surface area contributed by atoms with Crippen LogP contribution in [0.15, 0.2) is 70.1 Å². The molecule has 0 radical (unpaired) electrons. The van der Waals surface area contributed by atoms with Crippen molar-refractivity contribution in [2.24, 2.45) is 0 Å². The van der Waals surface area contributed by atoms with E-state index in [1.807, 2.05) is 36.4 Å². The molecule has 0 atom stereocenters. The fourth-order valence-corrected chi connectivity index (χ4v) is 5.08. The summed E-state index contributed by atoms with van der Waals surface area (Å²) in [5.74, 6) is 2.33. The lowest BCUT2D eigenvalue weighted by Gasteiger charge is -2.34. The number of rotatable bonds is 6. The molecule has 4 aromatic rings. The van der Waals surface area contributed by atoms with Crippen LogP contribution in [-0.4, -0.2) is 55.0 Å². The molecule has 0 unspecified atom stereocenters. The fraction of sp³-hybridized carbons (Fsp3) is 0.276. The monoisotopic (exact) mass is 500 g/mol. The molecule has 1 fully saturated rings. The van der Waals surface area contributed by atoms with Crippen LogP contribution in [0.25, 0.3) is 22.1 Å². The smallest absolute Gasteiger partial charge is 0.231 e. The third-order valence-corrected chi connectivity index (χ3v) is 7.11. The van der Waals surface area contributed by atoms with Gasteiger partial charge in [-0.05, 0) is 35.9 Å². The van der Waals surface area contributed by atoms with Crippen LogP contribution < -0.4 is 19.6 Å². The van der Waals surface area contributed by atoms with Crippen LogP contribution in [-0.2, 0) is 13.1 Å². The second-order valence-corrected chi connectivity index (χ2v) is 9.36.